The summed E-state index contributed by atoms with van der Waals surface area (Å²) >= 11 is 7.01. The molecule has 1 rings (SSSR count). The summed E-state index contributed by atoms with van der Waals surface area (Å²) in [6.07, 6.45) is 0. The third kappa shape index (κ3) is 3.45. The molecule has 3 nitrogen and oxygen atoms in total. The number of sulfonamides is 1. The first-order chi connectivity index (χ1) is 6.76. The van der Waals surface area contributed by atoms with Crippen molar-refractivity contribution in [2.24, 2.45) is 0 Å². The SMILES string of the molecule is CC(C)(C)NS(=O)(=O)c1cscc1CCl. The average Bonchev–Trinajstić information content (AvgIpc) is 2.46. The molecule has 0 amide bonds. The number of nitrogens with one attached hydrogen (secondary N) is 1. The van der Waals surface area contributed by atoms with E-state index in [0.29, 0.717) is 5.56 Å². The molecule has 1 aromatic rings. The lowest BCUT2D eigenvalue weighted by Crippen LogP contribution is -2.40. The van der Waals surface area contributed by atoms with Crippen molar-refractivity contribution in [1.29, 1.82) is 0 Å². The fourth-order valence-electron chi connectivity index (χ4n) is 1.10. The number of hydrogen-bond acceptors (Lipinski definition) is 3. The summed E-state index contributed by atoms with van der Waals surface area (Å²) in [5.74, 6) is 0.212. The second-order valence-electron chi connectivity index (χ2n) is 4.25. The van der Waals surface area contributed by atoms with Gasteiger partial charge in [-0.05, 0) is 31.7 Å². The Balaban J connectivity index is 3.07. The summed E-state index contributed by atoms with van der Waals surface area (Å²) in [6.45, 7) is 5.41. The second kappa shape index (κ2) is 4.41. The molecule has 0 aliphatic heterocycles. The fraction of sp³-hybridized carbons (Fsp3) is 0.556. The summed E-state index contributed by atoms with van der Waals surface area (Å²) in [6, 6.07) is 0. The Hall–Kier alpha value is -0.100. The molecule has 0 saturated heterocycles. The third-order valence-electron chi connectivity index (χ3n) is 1.58. The first-order valence-electron chi connectivity index (χ1n) is 4.41. The highest BCUT2D eigenvalue weighted by molar-refractivity contribution is 7.89. The van der Waals surface area contributed by atoms with Gasteiger partial charge in [0.25, 0.3) is 0 Å². The number of halogens is 1. The van der Waals surface area contributed by atoms with Gasteiger partial charge in [0.1, 0.15) is 0 Å². The van der Waals surface area contributed by atoms with Crippen molar-refractivity contribution in [3.05, 3.63) is 16.3 Å². The van der Waals surface area contributed by atoms with E-state index in [1.807, 2.05) is 0 Å². The van der Waals surface area contributed by atoms with Gasteiger partial charge in [-0.3, -0.25) is 0 Å². The van der Waals surface area contributed by atoms with Crippen LogP contribution in [0.15, 0.2) is 15.7 Å². The van der Waals surface area contributed by atoms with Gasteiger partial charge in [-0.2, -0.15) is 11.3 Å². The highest BCUT2D eigenvalue weighted by Crippen LogP contribution is 2.23. The second-order valence-corrected chi connectivity index (χ2v) is 6.91. The Kier molecular flexibility index (Phi) is 3.81. The predicted molar refractivity (Wildman–Crippen MR) is 64.0 cm³/mol. The highest BCUT2D eigenvalue weighted by atomic mass is 35.5. The molecule has 0 atom stereocenters. The molecule has 1 aromatic heterocycles. The van der Waals surface area contributed by atoms with Gasteiger partial charge < -0.3 is 0 Å². The van der Waals surface area contributed by atoms with Crippen molar-refractivity contribution >= 4 is 33.0 Å². The molecular formula is C9H14ClNO2S2. The molecule has 0 saturated carbocycles. The monoisotopic (exact) mass is 267 g/mol. The number of alkyl halides is 1. The van der Waals surface area contributed by atoms with Crippen molar-refractivity contribution in [2.45, 2.75) is 37.1 Å². The Morgan fingerprint density at radius 1 is 1.40 bits per heavy atom. The normalized spacial score (nSPS) is 13.1. The van der Waals surface area contributed by atoms with Crippen LogP contribution in [0.4, 0.5) is 0 Å². The third-order valence-corrected chi connectivity index (χ3v) is 4.65. The van der Waals surface area contributed by atoms with Crippen LogP contribution in [-0.4, -0.2) is 14.0 Å². The molecular weight excluding hydrogens is 254 g/mol. The zero-order chi connectivity index (χ0) is 11.7. The lowest BCUT2D eigenvalue weighted by atomic mass is 10.1. The molecule has 0 fully saturated rings. The Morgan fingerprint density at radius 2 is 2.00 bits per heavy atom. The topological polar surface area (TPSA) is 46.2 Å². The highest BCUT2D eigenvalue weighted by Gasteiger charge is 2.24. The van der Waals surface area contributed by atoms with E-state index < -0.39 is 15.6 Å². The molecule has 1 heterocycles. The van der Waals surface area contributed by atoms with Crippen LogP contribution in [0.5, 0.6) is 0 Å². The van der Waals surface area contributed by atoms with Crippen molar-refractivity contribution in [2.75, 3.05) is 0 Å². The van der Waals surface area contributed by atoms with Crippen LogP contribution in [0.25, 0.3) is 0 Å². The quantitative estimate of drug-likeness (QED) is 0.856. The van der Waals surface area contributed by atoms with Gasteiger partial charge in [-0.15, -0.1) is 11.6 Å². The summed E-state index contributed by atoms with van der Waals surface area (Å²) in [5, 5.41) is 3.36. The van der Waals surface area contributed by atoms with Crippen molar-refractivity contribution in [3.63, 3.8) is 0 Å². The van der Waals surface area contributed by atoms with E-state index in [-0.39, 0.29) is 10.8 Å². The largest absolute Gasteiger partial charge is 0.242 e. The molecule has 86 valence electrons. The van der Waals surface area contributed by atoms with Crippen LogP contribution >= 0.6 is 22.9 Å². The first kappa shape index (κ1) is 13.0. The lowest BCUT2D eigenvalue weighted by molar-refractivity contribution is 0.491. The Labute approximate surface area is 99.5 Å². The fourth-order valence-corrected chi connectivity index (χ4v) is 4.35. The van der Waals surface area contributed by atoms with Gasteiger partial charge >= 0.3 is 0 Å². The van der Waals surface area contributed by atoms with Gasteiger partial charge in [0.15, 0.2) is 0 Å². The maximum atomic E-state index is 11.9. The summed E-state index contributed by atoms with van der Waals surface area (Å²) in [4.78, 5) is 0.289. The van der Waals surface area contributed by atoms with Crippen LogP contribution in [0.3, 0.4) is 0 Å². The van der Waals surface area contributed by atoms with Gasteiger partial charge in [0.05, 0.1) is 4.90 Å². The van der Waals surface area contributed by atoms with Crippen LogP contribution in [-0.2, 0) is 15.9 Å². The van der Waals surface area contributed by atoms with Crippen LogP contribution in [0, 0.1) is 0 Å². The summed E-state index contributed by atoms with van der Waals surface area (Å²) in [5.41, 5.74) is 0.170. The van der Waals surface area contributed by atoms with E-state index in [0.717, 1.165) is 0 Å². The van der Waals surface area contributed by atoms with E-state index in [1.165, 1.54) is 11.3 Å². The molecule has 0 spiro atoms. The van der Waals surface area contributed by atoms with E-state index in [4.69, 9.17) is 11.6 Å². The van der Waals surface area contributed by atoms with Gasteiger partial charge in [0, 0.05) is 16.8 Å². The number of hydrogen-bond donors (Lipinski definition) is 1. The standard InChI is InChI=1S/C9H14ClNO2S2/c1-9(2,3)11-15(12,13)8-6-14-5-7(8)4-10/h5-6,11H,4H2,1-3H3. The maximum Gasteiger partial charge on any atom is 0.242 e. The van der Waals surface area contributed by atoms with Crippen LogP contribution < -0.4 is 4.72 Å². The summed E-state index contributed by atoms with van der Waals surface area (Å²) < 4.78 is 26.4. The molecule has 0 aromatic carbocycles. The molecule has 0 bridgehead atoms. The first-order valence-corrected chi connectivity index (χ1v) is 7.37. The van der Waals surface area contributed by atoms with Gasteiger partial charge in [-0.1, -0.05) is 0 Å². The number of rotatable bonds is 3. The molecule has 0 unspecified atom stereocenters. The van der Waals surface area contributed by atoms with E-state index >= 15 is 0 Å². The molecule has 0 radical (unpaired) electrons. The van der Waals surface area contributed by atoms with Gasteiger partial charge in [0.2, 0.25) is 10.0 Å². The minimum absolute atomic E-state index is 0.212. The summed E-state index contributed by atoms with van der Waals surface area (Å²) in [7, 11) is -3.44. The maximum absolute atomic E-state index is 11.9. The minimum atomic E-state index is -3.44. The zero-order valence-corrected chi connectivity index (χ0v) is 11.3. The van der Waals surface area contributed by atoms with Gasteiger partial charge in [-0.25, -0.2) is 13.1 Å². The Bertz CT molecular complexity index is 431. The number of thiophene rings is 1. The van der Waals surface area contributed by atoms with Crippen LogP contribution in [0.2, 0.25) is 0 Å². The molecule has 15 heavy (non-hydrogen) atoms. The van der Waals surface area contributed by atoms with E-state index in [1.54, 1.807) is 31.5 Å². The lowest BCUT2D eigenvalue weighted by Gasteiger charge is -2.20. The minimum Gasteiger partial charge on any atom is -0.207 e. The zero-order valence-electron chi connectivity index (χ0n) is 8.87. The van der Waals surface area contributed by atoms with Crippen molar-refractivity contribution in [1.82, 2.24) is 4.72 Å². The van der Waals surface area contributed by atoms with Crippen LogP contribution in [0.1, 0.15) is 26.3 Å². The molecule has 0 aliphatic carbocycles. The molecule has 0 aliphatic rings. The van der Waals surface area contributed by atoms with Crippen molar-refractivity contribution in [3.8, 4) is 0 Å². The smallest absolute Gasteiger partial charge is 0.207 e. The molecule has 6 heteroatoms. The Morgan fingerprint density at radius 3 is 2.47 bits per heavy atom. The average molecular weight is 268 g/mol. The van der Waals surface area contributed by atoms with E-state index in [2.05, 4.69) is 4.72 Å². The van der Waals surface area contributed by atoms with E-state index in [9.17, 15) is 8.42 Å². The predicted octanol–water partition coefficient (Wildman–Crippen LogP) is 2.56. The van der Waals surface area contributed by atoms with Crippen molar-refractivity contribution < 1.29 is 8.42 Å². The molecule has 1 N–H and O–H groups in total.